The highest BCUT2D eigenvalue weighted by Crippen LogP contribution is 2.32. The van der Waals surface area contributed by atoms with Crippen molar-refractivity contribution in [2.75, 3.05) is 11.9 Å². The Morgan fingerprint density at radius 3 is 3.06 bits per heavy atom. The summed E-state index contributed by atoms with van der Waals surface area (Å²) < 4.78 is 5.26. The molecule has 0 fully saturated rings. The lowest BCUT2D eigenvalue weighted by Crippen LogP contribution is -2.25. The fraction of sp³-hybridized carbons (Fsp3) is 0.385. The third-order valence-corrected chi connectivity index (χ3v) is 3.00. The topological polar surface area (TPSA) is 75.6 Å². The van der Waals surface area contributed by atoms with E-state index in [1.54, 1.807) is 6.07 Å². The molecule has 1 heterocycles. The Hall–Kier alpha value is -2.04. The van der Waals surface area contributed by atoms with Crippen LogP contribution in [-0.2, 0) is 9.59 Å². The van der Waals surface area contributed by atoms with Crippen LogP contribution in [0.15, 0.2) is 18.2 Å². The Morgan fingerprint density at radius 2 is 2.33 bits per heavy atom. The number of hydrogen-bond donors (Lipinski definition) is 2. The number of carboxylic acids is 1. The van der Waals surface area contributed by atoms with Crippen LogP contribution in [0.25, 0.3) is 0 Å². The second-order valence-electron chi connectivity index (χ2n) is 4.43. The molecule has 1 unspecified atom stereocenters. The summed E-state index contributed by atoms with van der Waals surface area (Å²) >= 11 is 0. The van der Waals surface area contributed by atoms with Gasteiger partial charge in [0.2, 0.25) is 0 Å². The molecule has 1 aromatic carbocycles. The van der Waals surface area contributed by atoms with Gasteiger partial charge in [-0.15, -0.1) is 0 Å². The van der Waals surface area contributed by atoms with E-state index in [-0.39, 0.29) is 24.9 Å². The molecule has 1 atom stereocenters. The zero-order chi connectivity index (χ0) is 13.1. The summed E-state index contributed by atoms with van der Waals surface area (Å²) in [7, 11) is 0. The summed E-state index contributed by atoms with van der Waals surface area (Å²) in [5.74, 6) is -0.178. The number of benzene rings is 1. The largest absolute Gasteiger partial charge is 0.482 e. The molecular weight excluding hydrogens is 234 g/mol. The zero-order valence-corrected chi connectivity index (χ0v) is 10.1. The highest BCUT2D eigenvalue weighted by atomic mass is 16.5. The summed E-state index contributed by atoms with van der Waals surface area (Å²) in [5, 5.41) is 11.4. The number of anilines is 1. The van der Waals surface area contributed by atoms with Crippen LogP contribution < -0.4 is 10.1 Å². The quantitative estimate of drug-likeness (QED) is 0.855. The minimum Gasteiger partial charge on any atom is -0.482 e. The van der Waals surface area contributed by atoms with Crippen LogP contribution in [0.4, 0.5) is 5.69 Å². The highest BCUT2D eigenvalue weighted by Gasteiger charge is 2.17. The van der Waals surface area contributed by atoms with Gasteiger partial charge in [0.25, 0.3) is 5.91 Å². The van der Waals surface area contributed by atoms with Gasteiger partial charge in [-0.3, -0.25) is 9.59 Å². The molecule has 0 radical (unpaired) electrons. The lowest BCUT2D eigenvalue weighted by molar-refractivity contribution is -0.137. The smallest absolute Gasteiger partial charge is 0.303 e. The fourth-order valence-corrected chi connectivity index (χ4v) is 1.91. The molecule has 1 amide bonds. The van der Waals surface area contributed by atoms with E-state index in [0.29, 0.717) is 17.9 Å². The van der Waals surface area contributed by atoms with Crippen molar-refractivity contribution in [3.63, 3.8) is 0 Å². The molecule has 1 aliphatic rings. The van der Waals surface area contributed by atoms with E-state index in [9.17, 15) is 9.59 Å². The lowest BCUT2D eigenvalue weighted by Gasteiger charge is -2.20. The van der Waals surface area contributed by atoms with E-state index in [1.165, 1.54) is 0 Å². The summed E-state index contributed by atoms with van der Waals surface area (Å²) in [5.41, 5.74) is 1.66. The van der Waals surface area contributed by atoms with E-state index in [0.717, 1.165) is 5.56 Å². The van der Waals surface area contributed by atoms with Crippen molar-refractivity contribution in [1.29, 1.82) is 0 Å². The second kappa shape index (κ2) is 5.08. The number of carboxylic acid groups (broad SMARTS) is 1. The van der Waals surface area contributed by atoms with Crippen molar-refractivity contribution in [3.8, 4) is 5.75 Å². The van der Waals surface area contributed by atoms with Crippen molar-refractivity contribution in [3.05, 3.63) is 23.8 Å². The molecule has 1 aliphatic heterocycles. The first-order valence-corrected chi connectivity index (χ1v) is 5.84. The first-order chi connectivity index (χ1) is 8.56. The molecule has 0 saturated heterocycles. The van der Waals surface area contributed by atoms with Gasteiger partial charge < -0.3 is 15.2 Å². The molecule has 0 aromatic heterocycles. The molecule has 0 bridgehead atoms. The Labute approximate surface area is 105 Å². The number of carbonyl (C=O) groups excluding carboxylic acids is 1. The molecule has 0 aliphatic carbocycles. The number of carbonyl (C=O) groups is 2. The average Bonchev–Trinajstić information content (AvgIpc) is 2.34. The molecular formula is C13H15NO4. The summed E-state index contributed by atoms with van der Waals surface area (Å²) in [6.45, 7) is 2.01. The number of fused-ring (bicyclic) bond motifs is 1. The first-order valence-electron chi connectivity index (χ1n) is 5.84. The van der Waals surface area contributed by atoms with Crippen LogP contribution >= 0.6 is 0 Å². The van der Waals surface area contributed by atoms with Crippen molar-refractivity contribution < 1.29 is 19.4 Å². The summed E-state index contributed by atoms with van der Waals surface area (Å²) in [4.78, 5) is 21.7. The maximum Gasteiger partial charge on any atom is 0.303 e. The van der Waals surface area contributed by atoms with Gasteiger partial charge in [-0.1, -0.05) is 13.0 Å². The molecule has 2 rings (SSSR count). The third-order valence-electron chi connectivity index (χ3n) is 3.00. The van der Waals surface area contributed by atoms with Gasteiger partial charge in [-0.25, -0.2) is 0 Å². The highest BCUT2D eigenvalue weighted by molar-refractivity contribution is 5.95. The van der Waals surface area contributed by atoms with Crippen LogP contribution in [0.5, 0.6) is 5.75 Å². The number of nitrogens with one attached hydrogen (secondary N) is 1. The first kappa shape index (κ1) is 12.4. The maximum atomic E-state index is 11.2. The third kappa shape index (κ3) is 2.80. The van der Waals surface area contributed by atoms with Gasteiger partial charge in [0, 0.05) is 6.42 Å². The summed E-state index contributed by atoms with van der Waals surface area (Å²) in [6, 6.07) is 5.56. The van der Waals surface area contributed by atoms with Gasteiger partial charge in [0.1, 0.15) is 5.75 Å². The number of hydrogen-bond acceptors (Lipinski definition) is 3. The predicted octanol–water partition coefficient (Wildman–Crippen LogP) is 1.99. The molecule has 18 heavy (non-hydrogen) atoms. The van der Waals surface area contributed by atoms with E-state index in [2.05, 4.69) is 5.32 Å². The second-order valence-corrected chi connectivity index (χ2v) is 4.43. The fourth-order valence-electron chi connectivity index (χ4n) is 1.91. The van der Waals surface area contributed by atoms with Crippen molar-refractivity contribution in [2.24, 2.45) is 0 Å². The van der Waals surface area contributed by atoms with Gasteiger partial charge in [0.15, 0.2) is 6.61 Å². The van der Waals surface area contributed by atoms with Gasteiger partial charge in [-0.05, 0) is 30.0 Å². The van der Waals surface area contributed by atoms with E-state index in [1.807, 2.05) is 19.1 Å². The Balaban J connectivity index is 2.12. The standard InChI is InChI=1S/C13H15NO4/c1-8(2-5-13(16)17)9-3-4-11-10(6-9)14-12(15)7-18-11/h3-4,6,8H,2,5,7H2,1H3,(H,14,15)(H,16,17). The molecule has 96 valence electrons. The summed E-state index contributed by atoms with van der Waals surface area (Å²) in [6.07, 6.45) is 0.712. The molecule has 1 aromatic rings. The molecule has 0 spiro atoms. The van der Waals surface area contributed by atoms with Crippen LogP contribution in [-0.4, -0.2) is 23.6 Å². The lowest BCUT2D eigenvalue weighted by atomic mass is 9.95. The Kier molecular flexibility index (Phi) is 3.50. The van der Waals surface area contributed by atoms with Crippen molar-refractivity contribution in [2.45, 2.75) is 25.7 Å². The van der Waals surface area contributed by atoms with E-state index < -0.39 is 5.97 Å². The number of rotatable bonds is 4. The van der Waals surface area contributed by atoms with E-state index in [4.69, 9.17) is 9.84 Å². The van der Waals surface area contributed by atoms with E-state index >= 15 is 0 Å². The Bertz CT molecular complexity index is 484. The monoisotopic (exact) mass is 249 g/mol. The molecule has 2 N–H and O–H groups in total. The normalized spacial score (nSPS) is 15.3. The van der Waals surface area contributed by atoms with Gasteiger partial charge in [0.05, 0.1) is 5.69 Å². The number of aliphatic carboxylic acids is 1. The van der Waals surface area contributed by atoms with Crippen LogP contribution in [0.1, 0.15) is 31.2 Å². The van der Waals surface area contributed by atoms with Crippen LogP contribution in [0, 0.1) is 0 Å². The minimum atomic E-state index is -0.795. The molecule has 5 heteroatoms. The molecule has 0 saturated carbocycles. The van der Waals surface area contributed by atoms with Crippen molar-refractivity contribution >= 4 is 17.6 Å². The SMILES string of the molecule is CC(CCC(=O)O)c1ccc2c(c1)NC(=O)CO2. The predicted molar refractivity (Wildman–Crippen MR) is 65.9 cm³/mol. The van der Waals surface area contributed by atoms with Crippen LogP contribution in [0.3, 0.4) is 0 Å². The van der Waals surface area contributed by atoms with Gasteiger partial charge in [-0.2, -0.15) is 0 Å². The number of amides is 1. The average molecular weight is 249 g/mol. The minimum absolute atomic E-state index is 0.0426. The van der Waals surface area contributed by atoms with Crippen molar-refractivity contribution in [1.82, 2.24) is 0 Å². The molecule has 5 nitrogen and oxygen atoms in total. The maximum absolute atomic E-state index is 11.2. The number of ether oxygens (including phenoxy) is 1. The Morgan fingerprint density at radius 1 is 1.56 bits per heavy atom. The van der Waals surface area contributed by atoms with Crippen LogP contribution in [0.2, 0.25) is 0 Å². The van der Waals surface area contributed by atoms with Gasteiger partial charge >= 0.3 is 5.97 Å². The zero-order valence-electron chi connectivity index (χ0n) is 10.1.